The van der Waals surface area contributed by atoms with Crippen molar-refractivity contribution in [1.29, 1.82) is 0 Å². The van der Waals surface area contributed by atoms with Crippen molar-refractivity contribution < 1.29 is 4.74 Å². The lowest BCUT2D eigenvalue weighted by Gasteiger charge is -2.13. The highest BCUT2D eigenvalue weighted by Crippen LogP contribution is 2.18. The third-order valence-electron chi connectivity index (χ3n) is 2.97. The Labute approximate surface area is 125 Å². The largest absolute Gasteiger partial charge is 0.466 e. The van der Waals surface area contributed by atoms with Gasteiger partial charge in [-0.3, -0.25) is 4.98 Å². The molecule has 0 aliphatic rings. The van der Waals surface area contributed by atoms with Gasteiger partial charge in [0, 0.05) is 23.6 Å². The molecule has 1 N–H and O–H groups in total. The van der Waals surface area contributed by atoms with Crippen LogP contribution in [0.2, 0.25) is 0 Å². The molecule has 0 radical (unpaired) electrons. The van der Waals surface area contributed by atoms with Crippen LogP contribution in [-0.4, -0.2) is 10.2 Å². The molecule has 1 aromatic heterocycles. The van der Waals surface area contributed by atoms with E-state index in [2.05, 4.69) is 36.3 Å². The Hall–Kier alpha value is -1.94. The van der Waals surface area contributed by atoms with Crippen LogP contribution in [0.25, 0.3) is 0 Å². The van der Waals surface area contributed by atoms with Gasteiger partial charge >= 0.3 is 0 Å². The van der Waals surface area contributed by atoms with E-state index in [4.69, 9.17) is 17.0 Å². The van der Waals surface area contributed by atoms with Gasteiger partial charge in [-0.2, -0.15) is 0 Å². The van der Waals surface area contributed by atoms with E-state index >= 15 is 0 Å². The van der Waals surface area contributed by atoms with E-state index in [1.54, 1.807) is 12.4 Å². The van der Waals surface area contributed by atoms with E-state index in [9.17, 15) is 0 Å². The molecule has 1 aromatic carbocycles. The molecule has 104 valence electrons. The maximum atomic E-state index is 5.54. The van der Waals surface area contributed by atoms with E-state index in [1.807, 2.05) is 18.2 Å². The number of aromatic nitrogens is 1. The molecule has 0 saturated heterocycles. The first-order chi connectivity index (χ1) is 9.69. The summed E-state index contributed by atoms with van der Waals surface area (Å²) in [6.45, 7) is 4.63. The molecule has 20 heavy (non-hydrogen) atoms. The summed E-state index contributed by atoms with van der Waals surface area (Å²) in [5.74, 6) is 0. The lowest BCUT2D eigenvalue weighted by Crippen LogP contribution is -2.14. The van der Waals surface area contributed by atoms with E-state index in [1.165, 1.54) is 11.1 Å². The number of anilines is 1. The van der Waals surface area contributed by atoms with Gasteiger partial charge in [0.2, 0.25) is 0 Å². The van der Waals surface area contributed by atoms with E-state index < -0.39 is 0 Å². The van der Waals surface area contributed by atoms with Crippen LogP contribution in [0, 0.1) is 6.92 Å². The summed E-state index contributed by atoms with van der Waals surface area (Å²) in [5, 5.41) is 3.53. The standard InChI is InChI=1S/C16H18N2OS/c1-3-14-9-12(2)6-7-15(14)18-16(20)19-11-13-5-4-8-17-10-13/h4-10H,3,11H2,1-2H3,(H,18,20). The van der Waals surface area contributed by atoms with Gasteiger partial charge in [0.1, 0.15) is 6.61 Å². The topological polar surface area (TPSA) is 34.1 Å². The molecular weight excluding hydrogens is 268 g/mol. The number of thiocarbonyl (C=S) groups is 1. The molecule has 0 aliphatic carbocycles. The van der Waals surface area contributed by atoms with Crippen LogP contribution in [0.5, 0.6) is 0 Å². The third-order valence-corrected chi connectivity index (χ3v) is 3.19. The monoisotopic (exact) mass is 286 g/mol. The smallest absolute Gasteiger partial charge is 0.261 e. The molecule has 2 aromatic rings. The second-order valence-corrected chi connectivity index (χ2v) is 4.95. The lowest BCUT2D eigenvalue weighted by atomic mass is 10.1. The fraction of sp³-hybridized carbons (Fsp3) is 0.250. The van der Waals surface area contributed by atoms with E-state index in [0.29, 0.717) is 11.8 Å². The van der Waals surface area contributed by atoms with Crippen LogP contribution < -0.4 is 5.32 Å². The summed E-state index contributed by atoms with van der Waals surface area (Å²) < 4.78 is 5.54. The summed E-state index contributed by atoms with van der Waals surface area (Å²) >= 11 is 5.22. The molecule has 2 rings (SSSR count). The molecule has 0 amide bonds. The second kappa shape index (κ2) is 7.01. The third kappa shape index (κ3) is 4.03. The maximum Gasteiger partial charge on any atom is 0.261 e. The number of ether oxygens (including phenoxy) is 1. The van der Waals surface area contributed by atoms with Crippen molar-refractivity contribution in [3.8, 4) is 0 Å². The summed E-state index contributed by atoms with van der Waals surface area (Å²) in [4.78, 5) is 4.04. The highest BCUT2D eigenvalue weighted by Gasteiger charge is 2.04. The molecular formula is C16H18N2OS. The molecule has 0 spiro atoms. The minimum atomic E-state index is 0.382. The molecule has 0 saturated carbocycles. The molecule has 0 fully saturated rings. The predicted octanol–water partition coefficient (Wildman–Crippen LogP) is 3.87. The highest BCUT2D eigenvalue weighted by atomic mass is 32.1. The number of pyridine rings is 1. The zero-order valence-electron chi connectivity index (χ0n) is 11.7. The summed E-state index contributed by atoms with van der Waals surface area (Å²) in [6, 6.07) is 10.1. The molecule has 3 nitrogen and oxygen atoms in total. The zero-order chi connectivity index (χ0) is 14.4. The number of aryl methyl sites for hydroxylation is 2. The number of hydrogen-bond acceptors (Lipinski definition) is 3. The normalized spacial score (nSPS) is 10.1. The first-order valence-electron chi connectivity index (χ1n) is 6.61. The van der Waals surface area contributed by atoms with E-state index in [0.717, 1.165) is 17.7 Å². The predicted molar refractivity (Wildman–Crippen MR) is 85.8 cm³/mol. The van der Waals surface area contributed by atoms with Gasteiger partial charge in [0.05, 0.1) is 0 Å². The van der Waals surface area contributed by atoms with Crippen LogP contribution in [-0.2, 0) is 17.8 Å². The Morgan fingerprint density at radius 3 is 2.90 bits per heavy atom. The van der Waals surface area contributed by atoms with Crippen molar-refractivity contribution in [2.45, 2.75) is 26.9 Å². The molecule has 0 bridgehead atoms. The Bertz CT molecular complexity index is 584. The first kappa shape index (κ1) is 14.5. The Morgan fingerprint density at radius 1 is 1.35 bits per heavy atom. The van der Waals surface area contributed by atoms with Crippen molar-refractivity contribution in [1.82, 2.24) is 4.98 Å². The molecule has 0 unspecified atom stereocenters. The van der Waals surface area contributed by atoms with Gasteiger partial charge in [0.15, 0.2) is 0 Å². The van der Waals surface area contributed by atoms with Gasteiger partial charge in [-0.05, 0) is 43.3 Å². The first-order valence-corrected chi connectivity index (χ1v) is 7.02. The van der Waals surface area contributed by atoms with Gasteiger partial charge in [0.25, 0.3) is 5.17 Å². The quantitative estimate of drug-likeness (QED) is 0.865. The minimum Gasteiger partial charge on any atom is -0.466 e. The minimum absolute atomic E-state index is 0.382. The van der Waals surface area contributed by atoms with Gasteiger partial charge in [-0.15, -0.1) is 0 Å². The number of nitrogens with zero attached hydrogens (tertiary/aromatic N) is 1. The number of nitrogens with one attached hydrogen (secondary N) is 1. The van der Waals surface area contributed by atoms with Crippen molar-refractivity contribution in [2.24, 2.45) is 0 Å². The maximum absolute atomic E-state index is 5.54. The second-order valence-electron chi connectivity index (χ2n) is 4.58. The summed E-state index contributed by atoms with van der Waals surface area (Å²) in [6.07, 6.45) is 4.46. The average Bonchev–Trinajstić information content (AvgIpc) is 2.48. The molecule has 1 heterocycles. The number of benzene rings is 1. The Morgan fingerprint density at radius 2 is 2.20 bits per heavy atom. The van der Waals surface area contributed by atoms with Gasteiger partial charge in [-0.1, -0.05) is 30.7 Å². The summed E-state index contributed by atoms with van der Waals surface area (Å²) in [7, 11) is 0. The molecule has 0 atom stereocenters. The fourth-order valence-corrected chi connectivity index (χ4v) is 2.08. The van der Waals surface area contributed by atoms with E-state index in [-0.39, 0.29) is 0 Å². The fourth-order valence-electron chi connectivity index (χ4n) is 1.92. The number of rotatable bonds is 4. The average molecular weight is 286 g/mol. The van der Waals surface area contributed by atoms with Crippen LogP contribution in [0.15, 0.2) is 42.7 Å². The Balaban J connectivity index is 1.95. The molecule has 4 heteroatoms. The van der Waals surface area contributed by atoms with Crippen molar-refractivity contribution in [3.63, 3.8) is 0 Å². The van der Waals surface area contributed by atoms with Crippen LogP contribution >= 0.6 is 12.2 Å². The van der Waals surface area contributed by atoms with Crippen molar-refractivity contribution in [2.75, 3.05) is 5.32 Å². The van der Waals surface area contributed by atoms with Crippen molar-refractivity contribution >= 4 is 23.1 Å². The van der Waals surface area contributed by atoms with Gasteiger partial charge < -0.3 is 10.1 Å². The van der Waals surface area contributed by atoms with Crippen LogP contribution in [0.1, 0.15) is 23.6 Å². The summed E-state index contributed by atoms with van der Waals surface area (Å²) in [5.41, 5.74) is 4.48. The Kier molecular flexibility index (Phi) is 5.07. The lowest BCUT2D eigenvalue weighted by molar-refractivity contribution is 0.299. The zero-order valence-corrected chi connectivity index (χ0v) is 12.5. The van der Waals surface area contributed by atoms with Crippen LogP contribution in [0.4, 0.5) is 5.69 Å². The van der Waals surface area contributed by atoms with Crippen LogP contribution in [0.3, 0.4) is 0 Å². The van der Waals surface area contributed by atoms with Crippen molar-refractivity contribution in [3.05, 3.63) is 59.4 Å². The van der Waals surface area contributed by atoms with Gasteiger partial charge in [-0.25, -0.2) is 0 Å². The number of hydrogen-bond donors (Lipinski definition) is 1. The molecule has 0 aliphatic heterocycles. The SMILES string of the molecule is CCc1cc(C)ccc1NC(=S)OCc1cccnc1. The highest BCUT2D eigenvalue weighted by molar-refractivity contribution is 7.80.